The van der Waals surface area contributed by atoms with E-state index in [0.29, 0.717) is 6.42 Å². The first-order valence-corrected chi connectivity index (χ1v) is 5.60. The third-order valence-corrected chi connectivity index (χ3v) is 3.93. The van der Waals surface area contributed by atoms with Crippen LogP contribution in [0.3, 0.4) is 0 Å². The first kappa shape index (κ1) is 8.01. The molecule has 0 aromatic heterocycles. The van der Waals surface area contributed by atoms with Gasteiger partial charge < -0.3 is 5.11 Å². The van der Waals surface area contributed by atoms with Crippen LogP contribution in [0.4, 0.5) is 0 Å². The molecular weight excluding hydrogens is 192 g/mol. The fraction of sp³-hybridized carbons (Fsp3) is 0.125. The van der Waals surface area contributed by atoms with E-state index in [0.717, 1.165) is 10.5 Å². The van der Waals surface area contributed by atoms with Crippen LogP contribution >= 0.6 is 21.6 Å². The summed E-state index contributed by atoms with van der Waals surface area (Å²) in [6.45, 7) is 0. The van der Waals surface area contributed by atoms with Crippen molar-refractivity contribution in [1.82, 2.24) is 0 Å². The van der Waals surface area contributed by atoms with Crippen LogP contribution in [-0.4, -0.2) is 10.2 Å². The quantitative estimate of drug-likeness (QED) is 0.648. The number of fused-ring (bicyclic) bond motifs is 1. The van der Waals surface area contributed by atoms with E-state index < -0.39 is 0 Å². The molecule has 0 atom stereocenters. The molecule has 2 rings (SSSR count). The Labute approximate surface area is 77.8 Å². The molecule has 62 valence electrons. The van der Waals surface area contributed by atoms with Gasteiger partial charge in [-0.25, -0.2) is 0 Å². The lowest BCUT2D eigenvalue weighted by molar-refractivity contribution is -0.110. The minimum atomic E-state index is 0.179. The largest absolute Gasteiger partial charge is 0.508 e. The van der Waals surface area contributed by atoms with Gasteiger partial charge in [0.25, 0.3) is 0 Å². The van der Waals surface area contributed by atoms with Crippen molar-refractivity contribution in [3.05, 3.63) is 23.8 Å². The van der Waals surface area contributed by atoms with E-state index in [-0.39, 0.29) is 10.9 Å². The fourth-order valence-corrected chi connectivity index (χ4v) is 3.05. The van der Waals surface area contributed by atoms with E-state index in [2.05, 4.69) is 0 Å². The van der Waals surface area contributed by atoms with Crippen LogP contribution in [-0.2, 0) is 11.2 Å². The van der Waals surface area contributed by atoms with E-state index >= 15 is 0 Å². The van der Waals surface area contributed by atoms with E-state index in [1.165, 1.54) is 21.6 Å². The molecule has 4 heteroatoms. The van der Waals surface area contributed by atoms with Crippen molar-refractivity contribution in [2.45, 2.75) is 11.3 Å². The van der Waals surface area contributed by atoms with Crippen LogP contribution in [0.2, 0.25) is 0 Å². The predicted molar refractivity (Wildman–Crippen MR) is 50.3 cm³/mol. The maximum absolute atomic E-state index is 11.0. The Morgan fingerprint density at radius 3 is 3.00 bits per heavy atom. The number of carbonyl (C=O) groups excluding carboxylic acids is 1. The Morgan fingerprint density at radius 2 is 2.17 bits per heavy atom. The summed E-state index contributed by atoms with van der Waals surface area (Å²) in [5.41, 5.74) is 1.02. The number of hydrogen-bond donors (Lipinski definition) is 1. The lowest BCUT2D eigenvalue weighted by Crippen LogP contribution is -2.01. The number of carbonyl (C=O) groups is 1. The summed E-state index contributed by atoms with van der Waals surface area (Å²) in [4.78, 5) is 12.0. The van der Waals surface area contributed by atoms with Crippen LogP contribution in [0.1, 0.15) is 5.56 Å². The van der Waals surface area contributed by atoms with Crippen molar-refractivity contribution in [3.63, 3.8) is 0 Å². The summed E-state index contributed by atoms with van der Waals surface area (Å²) in [7, 11) is 2.65. The Kier molecular flexibility index (Phi) is 2.02. The molecule has 1 aliphatic heterocycles. The smallest absolute Gasteiger partial charge is 0.204 e. The number of hydrogen-bond acceptors (Lipinski definition) is 4. The van der Waals surface area contributed by atoms with Gasteiger partial charge in [-0.3, -0.25) is 4.79 Å². The van der Waals surface area contributed by atoms with Gasteiger partial charge >= 0.3 is 0 Å². The summed E-state index contributed by atoms with van der Waals surface area (Å²) in [5.74, 6) is 0.260. The third-order valence-electron chi connectivity index (χ3n) is 1.61. The summed E-state index contributed by atoms with van der Waals surface area (Å²) < 4.78 is 0. The van der Waals surface area contributed by atoms with Crippen LogP contribution in [0.5, 0.6) is 5.75 Å². The van der Waals surface area contributed by atoms with E-state index in [1.54, 1.807) is 18.2 Å². The second kappa shape index (κ2) is 3.03. The van der Waals surface area contributed by atoms with Gasteiger partial charge in [-0.1, -0.05) is 6.07 Å². The summed E-state index contributed by atoms with van der Waals surface area (Å²) in [5, 5.41) is 9.33. The second-order valence-electron chi connectivity index (χ2n) is 2.51. The molecule has 1 N–H and O–H groups in total. The average molecular weight is 198 g/mol. The van der Waals surface area contributed by atoms with Gasteiger partial charge in [0.1, 0.15) is 5.75 Å². The van der Waals surface area contributed by atoms with E-state index in [1.807, 2.05) is 0 Å². The van der Waals surface area contributed by atoms with E-state index in [4.69, 9.17) is 5.11 Å². The molecule has 1 heterocycles. The Bertz CT molecular complexity index is 336. The maximum Gasteiger partial charge on any atom is 0.204 e. The highest BCUT2D eigenvalue weighted by Gasteiger charge is 2.16. The zero-order chi connectivity index (χ0) is 8.55. The molecule has 0 aliphatic carbocycles. The van der Waals surface area contributed by atoms with Gasteiger partial charge in [-0.05, 0) is 39.3 Å². The number of phenolic OH excluding ortho intramolecular Hbond substituents is 1. The lowest BCUT2D eigenvalue weighted by Gasteiger charge is -2.12. The second-order valence-corrected chi connectivity index (χ2v) is 4.74. The van der Waals surface area contributed by atoms with Crippen molar-refractivity contribution in [2.75, 3.05) is 0 Å². The highest BCUT2D eigenvalue weighted by Crippen LogP contribution is 2.41. The van der Waals surface area contributed by atoms with Gasteiger partial charge in [0.15, 0.2) is 0 Å². The van der Waals surface area contributed by atoms with Crippen LogP contribution < -0.4 is 0 Å². The zero-order valence-electron chi connectivity index (χ0n) is 6.11. The predicted octanol–water partition coefficient (Wildman–Crippen LogP) is 2.22. The van der Waals surface area contributed by atoms with Gasteiger partial charge in [0, 0.05) is 11.3 Å². The van der Waals surface area contributed by atoms with Gasteiger partial charge in [0.2, 0.25) is 5.12 Å². The van der Waals surface area contributed by atoms with Gasteiger partial charge in [-0.2, -0.15) is 0 Å². The molecule has 1 aliphatic rings. The molecule has 0 saturated heterocycles. The summed E-state index contributed by atoms with van der Waals surface area (Å²) in [6.07, 6.45) is 0.479. The fourth-order valence-electron chi connectivity index (χ4n) is 1.04. The van der Waals surface area contributed by atoms with Crippen molar-refractivity contribution in [3.8, 4) is 5.75 Å². The molecular formula is C8H6O2S2. The monoisotopic (exact) mass is 198 g/mol. The van der Waals surface area contributed by atoms with Crippen LogP contribution in [0.15, 0.2) is 23.1 Å². The molecule has 0 bridgehead atoms. The molecule has 1 aromatic carbocycles. The number of phenols is 1. The lowest BCUT2D eigenvalue weighted by atomic mass is 10.1. The SMILES string of the molecule is O=C1Cc2ccc(O)cc2SS1. The minimum Gasteiger partial charge on any atom is -0.508 e. The Balaban J connectivity index is 2.43. The molecule has 0 spiro atoms. The molecule has 0 fully saturated rings. The summed E-state index contributed by atoms with van der Waals surface area (Å²) in [6, 6.07) is 5.11. The highest BCUT2D eigenvalue weighted by molar-refractivity contribution is 8.82. The highest BCUT2D eigenvalue weighted by atomic mass is 33.1. The van der Waals surface area contributed by atoms with Crippen molar-refractivity contribution >= 4 is 26.7 Å². The van der Waals surface area contributed by atoms with Crippen molar-refractivity contribution < 1.29 is 9.90 Å². The summed E-state index contributed by atoms with van der Waals surface area (Å²) >= 11 is 0. The van der Waals surface area contributed by atoms with Gasteiger partial charge in [0.05, 0.1) is 0 Å². The normalized spacial score (nSPS) is 15.8. The molecule has 0 unspecified atom stereocenters. The van der Waals surface area contributed by atoms with Gasteiger partial charge in [-0.15, -0.1) is 0 Å². The topological polar surface area (TPSA) is 37.3 Å². The Hall–Kier alpha value is -0.610. The standard InChI is InChI=1S/C8H6O2S2/c9-6-2-1-5-3-8(10)12-11-7(5)4-6/h1-2,4,9H,3H2. The number of aromatic hydroxyl groups is 1. The first-order chi connectivity index (χ1) is 5.75. The third kappa shape index (κ3) is 1.44. The molecule has 1 aromatic rings. The number of rotatable bonds is 0. The zero-order valence-corrected chi connectivity index (χ0v) is 7.74. The molecule has 0 saturated carbocycles. The van der Waals surface area contributed by atoms with Crippen molar-refractivity contribution in [1.29, 1.82) is 0 Å². The number of benzene rings is 1. The van der Waals surface area contributed by atoms with Crippen molar-refractivity contribution in [2.24, 2.45) is 0 Å². The van der Waals surface area contributed by atoms with Crippen LogP contribution in [0, 0.1) is 0 Å². The maximum atomic E-state index is 11.0. The van der Waals surface area contributed by atoms with Crippen LogP contribution in [0.25, 0.3) is 0 Å². The molecule has 12 heavy (non-hydrogen) atoms. The Morgan fingerprint density at radius 1 is 1.33 bits per heavy atom. The average Bonchev–Trinajstić information content (AvgIpc) is 2.05. The first-order valence-electron chi connectivity index (χ1n) is 3.45. The minimum absolute atomic E-state index is 0.179. The molecule has 0 radical (unpaired) electrons. The molecule has 2 nitrogen and oxygen atoms in total. The molecule has 0 amide bonds. The van der Waals surface area contributed by atoms with E-state index in [9.17, 15) is 4.79 Å².